The van der Waals surface area contributed by atoms with Crippen molar-refractivity contribution in [1.29, 1.82) is 0 Å². The van der Waals surface area contributed by atoms with Crippen molar-refractivity contribution in [2.45, 2.75) is 11.4 Å². The first-order chi connectivity index (χ1) is 13.4. The van der Waals surface area contributed by atoms with Crippen molar-refractivity contribution in [2.24, 2.45) is 0 Å². The molecule has 0 atom stereocenters. The monoisotopic (exact) mass is 400 g/mol. The number of anilines is 1. The standard InChI is InChI=1S/C18H16N4O5S/c23-16(19-10-12-6-2-1-3-7-12)13-8-4-5-9-14(13)22-28(26,27)15-11-20-18(25)21-17(15)24/h1-9,11,22H,10H2,(H,19,23)(H2,20,21,24,25). The zero-order valence-corrected chi connectivity index (χ0v) is 15.2. The quantitative estimate of drug-likeness (QED) is 0.484. The second-order valence-electron chi connectivity index (χ2n) is 5.76. The molecule has 0 aliphatic rings. The van der Waals surface area contributed by atoms with Crippen molar-refractivity contribution in [3.05, 3.63) is 92.8 Å². The van der Waals surface area contributed by atoms with Gasteiger partial charge >= 0.3 is 5.69 Å². The van der Waals surface area contributed by atoms with E-state index in [2.05, 4.69) is 15.0 Å². The minimum Gasteiger partial charge on any atom is -0.348 e. The van der Waals surface area contributed by atoms with Gasteiger partial charge in [0, 0.05) is 12.7 Å². The van der Waals surface area contributed by atoms with Crippen molar-refractivity contribution < 1.29 is 13.2 Å². The van der Waals surface area contributed by atoms with Crippen molar-refractivity contribution in [3.63, 3.8) is 0 Å². The third-order valence-corrected chi connectivity index (χ3v) is 5.16. The molecule has 0 saturated heterocycles. The van der Waals surface area contributed by atoms with E-state index in [4.69, 9.17) is 0 Å². The summed E-state index contributed by atoms with van der Waals surface area (Å²) in [5, 5.41) is 2.71. The van der Waals surface area contributed by atoms with Crippen LogP contribution in [-0.2, 0) is 16.6 Å². The lowest BCUT2D eigenvalue weighted by molar-refractivity contribution is 0.0952. The van der Waals surface area contributed by atoms with E-state index in [0.29, 0.717) is 0 Å². The molecule has 0 bridgehead atoms. The lowest BCUT2D eigenvalue weighted by Gasteiger charge is -2.12. The first-order valence-corrected chi connectivity index (χ1v) is 9.61. The molecule has 0 radical (unpaired) electrons. The summed E-state index contributed by atoms with van der Waals surface area (Å²) in [7, 11) is -4.33. The van der Waals surface area contributed by atoms with E-state index in [0.717, 1.165) is 11.8 Å². The number of benzene rings is 2. The first kappa shape index (κ1) is 19.1. The molecular formula is C18H16N4O5S. The average molecular weight is 400 g/mol. The predicted octanol–water partition coefficient (Wildman–Crippen LogP) is 0.794. The number of H-pyrrole nitrogens is 2. The van der Waals surface area contributed by atoms with Crippen molar-refractivity contribution in [3.8, 4) is 0 Å². The number of aromatic amines is 2. The summed E-state index contributed by atoms with van der Waals surface area (Å²) in [6, 6.07) is 15.2. The van der Waals surface area contributed by atoms with Crippen LogP contribution in [0.4, 0.5) is 5.69 Å². The number of amides is 1. The van der Waals surface area contributed by atoms with Crippen LogP contribution < -0.4 is 21.3 Å². The smallest absolute Gasteiger partial charge is 0.325 e. The summed E-state index contributed by atoms with van der Waals surface area (Å²) in [6.07, 6.45) is 0.793. The van der Waals surface area contributed by atoms with Gasteiger partial charge in [-0.2, -0.15) is 0 Å². The Labute approximate surface area is 159 Å². The summed E-state index contributed by atoms with van der Waals surface area (Å²) in [6.45, 7) is 0.264. The lowest BCUT2D eigenvalue weighted by Crippen LogP contribution is -2.30. The van der Waals surface area contributed by atoms with Gasteiger partial charge in [-0.25, -0.2) is 13.2 Å². The molecule has 1 aromatic heterocycles. The minimum absolute atomic E-state index is 0.00124. The Morgan fingerprint density at radius 2 is 1.64 bits per heavy atom. The van der Waals surface area contributed by atoms with Crippen LogP contribution in [0, 0.1) is 0 Å². The van der Waals surface area contributed by atoms with Gasteiger partial charge < -0.3 is 10.3 Å². The van der Waals surface area contributed by atoms with Gasteiger partial charge in [0.15, 0.2) is 4.90 Å². The summed E-state index contributed by atoms with van der Waals surface area (Å²) in [4.78, 5) is 38.6. The number of para-hydroxylation sites is 1. The fourth-order valence-corrected chi connectivity index (χ4v) is 3.53. The highest BCUT2D eigenvalue weighted by molar-refractivity contribution is 7.92. The number of rotatable bonds is 6. The third-order valence-electron chi connectivity index (χ3n) is 3.79. The third kappa shape index (κ3) is 4.35. The summed E-state index contributed by atoms with van der Waals surface area (Å²) in [5.41, 5.74) is -0.929. The SMILES string of the molecule is O=C(NCc1ccccc1)c1ccccc1NS(=O)(=O)c1c[nH]c(=O)[nH]c1=O. The number of sulfonamides is 1. The van der Waals surface area contributed by atoms with Gasteiger partial charge in [0.1, 0.15) is 0 Å². The zero-order chi connectivity index (χ0) is 20.1. The minimum atomic E-state index is -4.33. The van der Waals surface area contributed by atoms with Crippen LogP contribution in [0.25, 0.3) is 0 Å². The van der Waals surface area contributed by atoms with Gasteiger partial charge in [-0.05, 0) is 17.7 Å². The molecule has 0 aliphatic carbocycles. The molecule has 10 heteroatoms. The van der Waals surface area contributed by atoms with E-state index in [9.17, 15) is 22.8 Å². The molecule has 28 heavy (non-hydrogen) atoms. The zero-order valence-electron chi connectivity index (χ0n) is 14.4. The van der Waals surface area contributed by atoms with Crippen LogP contribution in [0.15, 0.2) is 75.3 Å². The van der Waals surface area contributed by atoms with Gasteiger partial charge in [0.05, 0.1) is 11.3 Å². The highest BCUT2D eigenvalue weighted by atomic mass is 32.2. The molecule has 4 N–H and O–H groups in total. The number of hydrogen-bond acceptors (Lipinski definition) is 5. The molecule has 3 rings (SSSR count). The summed E-state index contributed by atoms with van der Waals surface area (Å²) in [5.74, 6) is -0.488. The van der Waals surface area contributed by atoms with Crippen LogP contribution in [0.5, 0.6) is 0 Å². The Balaban J connectivity index is 1.84. The Morgan fingerprint density at radius 3 is 2.36 bits per heavy atom. The van der Waals surface area contributed by atoms with Gasteiger partial charge in [-0.1, -0.05) is 42.5 Å². The van der Waals surface area contributed by atoms with Gasteiger partial charge in [0.25, 0.3) is 21.5 Å². The van der Waals surface area contributed by atoms with Crippen LogP contribution >= 0.6 is 0 Å². The predicted molar refractivity (Wildman–Crippen MR) is 103 cm³/mol. The molecule has 0 spiro atoms. The van der Waals surface area contributed by atoms with E-state index < -0.39 is 32.1 Å². The second kappa shape index (κ2) is 7.92. The Bertz CT molecular complexity index is 1220. The highest BCUT2D eigenvalue weighted by Crippen LogP contribution is 2.18. The Hall–Kier alpha value is -3.66. The fraction of sp³-hybridized carbons (Fsp3) is 0.0556. The number of hydrogen-bond donors (Lipinski definition) is 4. The van der Waals surface area contributed by atoms with Crippen molar-refractivity contribution >= 4 is 21.6 Å². The molecule has 0 fully saturated rings. The van der Waals surface area contributed by atoms with E-state index in [1.165, 1.54) is 12.1 Å². The van der Waals surface area contributed by atoms with Crippen molar-refractivity contribution in [2.75, 3.05) is 4.72 Å². The first-order valence-electron chi connectivity index (χ1n) is 8.13. The largest absolute Gasteiger partial charge is 0.348 e. The van der Waals surface area contributed by atoms with Gasteiger partial charge in [-0.15, -0.1) is 0 Å². The highest BCUT2D eigenvalue weighted by Gasteiger charge is 2.21. The van der Waals surface area contributed by atoms with Gasteiger partial charge in [-0.3, -0.25) is 19.3 Å². The second-order valence-corrected chi connectivity index (χ2v) is 7.41. The molecule has 0 aliphatic heterocycles. The molecule has 144 valence electrons. The lowest BCUT2D eigenvalue weighted by atomic mass is 10.1. The Morgan fingerprint density at radius 1 is 0.964 bits per heavy atom. The molecule has 0 unspecified atom stereocenters. The van der Waals surface area contributed by atoms with E-state index in [1.807, 2.05) is 35.3 Å². The topological polar surface area (TPSA) is 141 Å². The average Bonchev–Trinajstić information content (AvgIpc) is 2.66. The number of aromatic nitrogens is 2. The summed E-state index contributed by atoms with van der Waals surface area (Å²) >= 11 is 0. The van der Waals surface area contributed by atoms with Crippen LogP contribution in [0.3, 0.4) is 0 Å². The Kier molecular flexibility index (Phi) is 5.41. The van der Waals surface area contributed by atoms with E-state index in [-0.39, 0.29) is 17.8 Å². The molecule has 2 aromatic carbocycles. The summed E-state index contributed by atoms with van der Waals surface area (Å²) < 4.78 is 27.2. The molecule has 0 saturated carbocycles. The van der Waals surface area contributed by atoms with Crippen LogP contribution in [0.2, 0.25) is 0 Å². The maximum absolute atomic E-state index is 12.5. The molecule has 1 heterocycles. The fourth-order valence-electron chi connectivity index (χ4n) is 2.44. The number of carbonyl (C=O) groups excluding carboxylic acids is 1. The molecule has 9 nitrogen and oxygen atoms in total. The van der Waals surface area contributed by atoms with E-state index >= 15 is 0 Å². The normalized spacial score (nSPS) is 11.0. The van der Waals surface area contributed by atoms with Crippen LogP contribution in [-0.4, -0.2) is 24.3 Å². The maximum Gasteiger partial charge on any atom is 0.325 e. The van der Waals surface area contributed by atoms with E-state index in [1.54, 1.807) is 12.1 Å². The molecule has 3 aromatic rings. The van der Waals surface area contributed by atoms with Gasteiger partial charge in [0.2, 0.25) is 0 Å². The van der Waals surface area contributed by atoms with Crippen molar-refractivity contribution in [1.82, 2.24) is 15.3 Å². The molecule has 1 amide bonds. The molecular weight excluding hydrogens is 384 g/mol. The maximum atomic E-state index is 12.5. The number of carbonyl (C=O) groups is 1. The number of nitrogens with one attached hydrogen (secondary N) is 4. The van der Waals surface area contributed by atoms with Crippen LogP contribution in [0.1, 0.15) is 15.9 Å².